The van der Waals surface area contributed by atoms with Crippen molar-refractivity contribution >= 4 is 22.8 Å². The molecule has 2 N–H and O–H groups in total. The second-order valence-corrected chi connectivity index (χ2v) is 6.85. The summed E-state index contributed by atoms with van der Waals surface area (Å²) in [5, 5.41) is 11.9. The van der Waals surface area contributed by atoms with Crippen molar-refractivity contribution in [3.8, 4) is 0 Å². The number of aliphatic imine (C=N–C) groups is 1. The van der Waals surface area contributed by atoms with E-state index in [-0.39, 0.29) is 0 Å². The number of ether oxygens (including phenoxy) is 1. The molecule has 134 valence electrons. The van der Waals surface area contributed by atoms with Crippen molar-refractivity contribution in [1.82, 2.24) is 15.1 Å². The summed E-state index contributed by atoms with van der Waals surface area (Å²) in [6.45, 7) is -0.467. The number of rotatable bonds is 4. The first-order valence-corrected chi connectivity index (χ1v) is 8.49. The topological polar surface area (TPSA) is 130 Å². The quantitative estimate of drug-likeness (QED) is 0.442. The highest BCUT2D eigenvalue weighted by Crippen LogP contribution is 2.36. The highest BCUT2D eigenvalue weighted by Gasteiger charge is 2.57. The molecule has 2 saturated heterocycles. The molecule has 24 heavy (non-hydrogen) atoms. The van der Waals surface area contributed by atoms with Crippen molar-refractivity contribution in [2.45, 2.75) is 30.7 Å². The van der Waals surface area contributed by atoms with E-state index in [0.717, 1.165) is 4.90 Å². The van der Waals surface area contributed by atoms with Crippen molar-refractivity contribution in [2.75, 3.05) is 20.7 Å². The van der Waals surface area contributed by atoms with Crippen LogP contribution in [0.2, 0.25) is 0 Å². The van der Waals surface area contributed by atoms with Gasteiger partial charge in [-0.2, -0.15) is 8.42 Å². The molecule has 12 heteroatoms. The summed E-state index contributed by atoms with van der Waals surface area (Å²) in [5.74, 6) is 0. The Kier molecular flexibility index (Phi) is 4.48. The number of carbonyl (C=O) groups is 1. The molecule has 0 aromatic rings. The maximum atomic E-state index is 12.3. The maximum Gasteiger partial charge on any atom is 0.400 e. The average molecular weight is 362 g/mol. The highest BCUT2D eigenvalue weighted by atomic mass is 32.3. The van der Waals surface area contributed by atoms with Gasteiger partial charge in [0.15, 0.2) is 12.3 Å². The number of urea groups is 1. The molecule has 3 aliphatic heterocycles. The van der Waals surface area contributed by atoms with Crippen LogP contribution in [0.25, 0.3) is 0 Å². The molecule has 0 aliphatic carbocycles. The molecule has 0 saturated carbocycles. The number of amides is 2. The molecule has 3 aliphatic rings. The summed E-state index contributed by atoms with van der Waals surface area (Å²) in [6.07, 6.45) is 0.0340. The molecule has 0 aromatic carbocycles. The van der Waals surface area contributed by atoms with Crippen LogP contribution in [0.3, 0.4) is 0 Å². The third kappa shape index (κ3) is 3.23. The Hall–Kier alpha value is -1.73. The number of fused-ring (bicyclic) bond motifs is 1. The SMILES string of the molecule is CN(C)/C=N\C1C=CN([C@@H]2O[C@H](CO)C3OS(=O)(=O)O[C@@H]32)C(=O)N1. The van der Waals surface area contributed by atoms with Gasteiger partial charge in [-0.15, -0.1) is 0 Å². The largest absolute Gasteiger partial charge is 0.400 e. The smallest absolute Gasteiger partial charge is 0.394 e. The summed E-state index contributed by atoms with van der Waals surface area (Å²) >= 11 is 0. The van der Waals surface area contributed by atoms with Gasteiger partial charge in [0, 0.05) is 20.3 Å². The van der Waals surface area contributed by atoms with Crippen LogP contribution in [0.15, 0.2) is 17.3 Å². The minimum Gasteiger partial charge on any atom is -0.394 e. The van der Waals surface area contributed by atoms with Crippen LogP contribution in [0, 0.1) is 0 Å². The fourth-order valence-electron chi connectivity index (χ4n) is 2.58. The summed E-state index contributed by atoms with van der Waals surface area (Å²) in [6, 6.07) is -0.534. The summed E-state index contributed by atoms with van der Waals surface area (Å²) in [5.41, 5.74) is 0. The maximum absolute atomic E-state index is 12.3. The van der Waals surface area contributed by atoms with E-state index in [1.807, 2.05) is 0 Å². The van der Waals surface area contributed by atoms with Crippen LogP contribution in [-0.4, -0.2) is 87.1 Å². The standard InChI is InChI=1S/C12H18N4O7S/c1-15(2)6-13-8-3-4-16(12(18)14-8)11-10-9(7(5-17)21-11)22-24(19,20)23-10/h3-4,6-11,17H,5H2,1-2H3,(H,14,18)/b13-6-/t7-,8?,9?,10+,11-/m1/s1. The van der Waals surface area contributed by atoms with Gasteiger partial charge in [0.25, 0.3) is 0 Å². The van der Waals surface area contributed by atoms with E-state index in [1.165, 1.54) is 6.20 Å². The average Bonchev–Trinajstić information content (AvgIpc) is 2.98. The fraction of sp³-hybridized carbons (Fsp3) is 0.667. The number of hydrogen-bond acceptors (Lipinski definition) is 8. The van der Waals surface area contributed by atoms with Gasteiger partial charge in [-0.25, -0.2) is 18.2 Å². The number of nitrogens with one attached hydrogen (secondary N) is 1. The van der Waals surface area contributed by atoms with Crippen molar-refractivity contribution in [2.24, 2.45) is 4.99 Å². The molecular formula is C12H18N4O7S. The number of carbonyl (C=O) groups excluding carboxylic acids is 1. The van der Waals surface area contributed by atoms with Crippen molar-refractivity contribution in [1.29, 1.82) is 0 Å². The Morgan fingerprint density at radius 3 is 2.75 bits per heavy atom. The van der Waals surface area contributed by atoms with E-state index in [0.29, 0.717) is 0 Å². The number of aliphatic hydroxyl groups is 1. The lowest BCUT2D eigenvalue weighted by Gasteiger charge is -2.31. The van der Waals surface area contributed by atoms with Crippen LogP contribution < -0.4 is 5.32 Å². The Morgan fingerprint density at radius 2 is 2.12 bits per heavy atom. The fourth-order valence-corrected chi connectivity index (χ4v) is 3.60. The first kappa shape index (κ1) is 17.1. The molecule has 3 heterocycles. The molecule has 2 amide bonds. The first-order chi connectivity index (χ1) is 11.3. The van der Waals surface area contributed by atoms with Crippen LogP contribution in [0.1, 0.15) is 0 Å². The minimum atomic E-state index is -4.17. The van der Waals surface area contributed by atoms with E-state index in [1.54, 1.807) is 31.4 Å². The van der Waals surface area contributed by atoms with Crippen molar-refractivity contribution in [3.63, 3.8) is 0 Å². The predicted molar refractivity (Wildman–Crippen MR) is 79.9 cm³/mol. The van der Waals surface area contributed by atoms with E-state index < -0.39 is 53.7 Å². The number of hydrogen-bond donors (Lipinski definition) is 2. The van der Waals surface area contributed by atoms with E-state index in [2.05, 4.69) is 10.3 Å². The van der Waals surface area contributed by atoms with Crippen molar-refractivity contribution < 1.29 is 31.4 Å². The van der Waals surface area contributed by atoms with Crippen LogP contribution in [-0.2, 0) is 23.5 Å². The monoisotopic (exact) mass is 362 g/mol. The Balaban J connectivity index is 1.77. The lowest BCUT2D eigenvalue weighted by molar-refractivity contribution is -0.0679. The zero-order valence-electron chi connectivity index (χ0n) is 13.0. The van der Waals surface area contributed by atoms with Gasteiger partial charge in [-0.3, -0.25) is 4.90 Å². The van der Waals surface area contributed by atoms with Crippen LogP contribution in [0.5, 0.6) is 0 Å². The molecule has 5 atom stereocenters. The van der Waals surface area contributed by atoms with Gasteiger partial charge >= 0.3 is 16.4 Å². The molecule has 11 nitrogen and oxygen atoms in total. The highest BCUT2D eigenvalue weighted by molar-refractivity contribution is 7.82. The first-order valence-electron chi connectivity index (χ1n) is 7.15. The third-order valence-corrected chi connectivity index (χ3v) is 4.51. The molecule has 0 spiro atoms. The van der Waals surface area contributed by atoms with Gasteiger partial charge in [0.05, 0.1) is 12.9 Å². The molecule has 0 radical (unpaired) electrons. The number of aliphatic hydroxyl groups excluding tert-OH is 1. The normalized spacial score (nSPS) is 37.7. The van der Waals surface area contributed by atoms with Gasteiger partial charge < -0.3 is 20.1 Å². The van der Waals surface area contributed by atoms with Gasteiger partial charge in [-0.1, -0.05) is 0 Å². The third-order valence-electron chi connectivity index (χ3n) is 3.59. The lowest BCUT2D eigenvalue weighted by atomic mass is 10.1. The van der Waals surface area contributed by atoms with E-state index >= 15 is 0 Å². The van der Waals surface area contributed by atoms with Gasteiger partial charge in [0.2, 0.25) is 0 Å². The molecule has 2 unspecified atom stereocenters. The Morgan fingerprint density at radius 1 is 1.42 bits per heavy atom. The second kappa shape index (κ2) is 6.29. The van der Waals surface area contributed by atoms with Crippen molar-refractivity contribution in [3.05, 3.63) is 12.3 Å². The Bertz CT molecular complexity index is 664. The number of nitrogens with zero attached hydrogens (tertiary/aromatic N) is 3. The molecule has 0 bridgehead atoms. The zero-order chi connectivity index (χ0) is 17.5. The van der Waals surface area contributed by atoms with Crippen LogP contribution >= 0.6 is 0 Å². The molecule has 0 aromatic heterocycles. The predicted octanol–water partition coefficient (Wildman–Crippen LogP) is -1.81. The minimum absolute atomic E-state index is 0.467. The van der Waals surface area contributed by atoms with E-state index in [9.17, 15) is 18.3 Å². The Labute approximate surface area is 138 Å². The second-order valence-electron chi connectivity index (χ2n) is 5.65. The summed E-state index contributed by atoms with van der Waals surface area (Å²) in [4.78, 5) is 19.3. The van der Waals surface area contributed by atoms with Gasteiger partial charge in [0.1, 0.15) is 18.4 Å². The zero-order valence-corrected chi connectivity index (χ0v) is 13.8. The molecular weight excluding hydrogens is 344 g/mol. The lowest BCUT2D eigenvalue weighted by Crippen LogP contribution is -2.52. The van der Waals surface area contributed by atoms with E-state index in [4.69, 9.17) is 13.1 Å². The summed E-state index contributed by atoms with van der Waals surface area (Å²) in [7, 11) is -0.579. The van der Waals surface area contributed by atoms with Crippen LogP contribution in [0.4, 0.5) is 4.79 Å². The van der Waals surface area contributed by atoms with Gasteiger partial charge in [-0.05, 0) is 6.08 Å². The molecule has 2 fully saturated rings. The summed E-state index contributed by atoms with van der Waals surface area (Å²) < 4.78 is 38.1. The molecule has 3 rings (SSSR count).